The van der Waals surface area contributed by atoms with Crippen molar-refractivity contribution in [2.24, 2.45) is 17.6 Å². The fraction of sp³-hybridized carbons (Fsp3) is 0.827. The van der Waals surface area contributed by atoms with Crippen molar-refractivity contribution in [3.05, 3.63) is 7.05 Å². The quantitative estimate of drug-likeness (QED) is 0.0307. The molecule has 0 aromatic rings. The van der Waals surface area contributed by atoms with E-state index in [4.69, 9.17) is 36.8 Å². The Hall–Kier alpha value is -4.44. The summed E-state index contributed by atoms with van der Waals surface area (Å²) in [5.41, 5.74) is 5.20. The maximum atomic E-state index is 13.0. The SMILES string of the molecule is [CH]N[C@@H](CCCCNC(=O)COCCOCCNC(=O)COCCOCCNC(=O)CC[C@H](NC(=O)C1CCC(CNC(=O)CCCCCCCCCCCCCCCCCCC(=O)O)CC1)C(=O)O)C(N)=O. The first kappa shape index (κ1) is 66.6. The molecule has 2 radical (unpaired) electrons. The molecule has 0 aromatic heterocycles. The van der Waals surface area contributed by atoms with Crippen LogP contribution in [-0.4, -0.2) is 149 Å². The van der Waals surface area contributed by atoms with Crippen LogP contribution in [0.5, 0.6) is 0 Å². The Morgan fingerprint density at radius 1 is 0.479 bits per heavy atom. The second kappa shape index (κ2) is 46.1. The molecule has 0 aromatic carbocycles. The molecule has 0 spiro atoms. The highest BCUT2D eigenvalue weighted by atomic mass is 16.5. The van der Waals surface area contributed by atoms with Gasteiger partial charge in [0.2, 0.25) is 35.4 Å². The molecule has 0 heterocycles. The van der Waals surface area contributed by atoms with Gasteiger partial charge in [-0.15, -0.1) is 0 Å². The zero-order chi connectivity index (χ0) is 53.6. The third-order valence-corrected chi connectivity index (χ3v) is 12.8. The van der Waals surface area contributed by atoms with E-state index in [1.54, 1.807) is 0 Å². The lowest BCUT2D eigenvalue weighted by Crippen LogP contribution is -2.45. The summed E-state index contributed by atoms with van der Waals surface area (Å²) in [4.78, 5) is 95.2. The zero-order valence-electron chi connectivity index (χ0n) is 43.8. The molecule has 1 aliphatic carbocycles. The Morgan fingerprint density at radius 3 is 1.41 bits per heavy atom. The van der Waals surface area contributed by atoms with E-state index >= 15 is 0 Å². The van der Waals surface area contributed by atoms with Gasteiger partial charge in [-0.1, -0.05) is 89.9 Å². The standard InChI is InChI=1S/C52H93N7O14/c1-54-43(50(53)66)20-18-19-29-55-47(62)39-72-36-35-71-33-31-57-48(63)40-73-37-34-70-32-30-56-46(61)28-27-44(52(68)69)59-51(67)42-25-23-41(24-26-42)38-58-45(60)21-16-14-12-10-8-6-4-2-3-5-7-9-11-13-15-17-22-49(64)65/h1,41-44,54H,2-40H2,(H2,53,66)(H,55,62)(H,56,61)(H,57,63)(H,58,60)(H,59,67)(H,64,65)(H,68,69)/t41?,42?,43-,44-/m0/s1. The van der Waals surface area contributed by atoms with Gasteiger partial charge in [-0.25, -0.2) is 4.79 Å². The van der Waals surface area contributed by atoms with Crippen LogP contribution in [0.1, 0.15) is 173 Å². The minimum Gasteiger partial charge on any atom is -0.481 e. The third kappa shape index (κ3) is 40.6. The highest BCUT2D eigenvalue weighted by Gasteiger charge is 2.30. The molecule has 0 unspecified atom stereocenters. The van der Waals surface area contributed by atoms with Crippen molar-refractivity contribution < 1.29 is 67.5 Å². The van der Waals surface area contributed by atoms with Crippen molar-refractivity contribution in [2.75, 3.05) is 79.0 Å². The number of carboxylic acid groups (broad SMARTS) is 2. The second-order valence-corrected chi connectivity index (χ2v) is 19.0. The fourth-order valence-corrected chi connectivity index (χ4v) is 8.33. The fourth-order valence-electron chi connectivity index (χ4n) is 8.33. The normalized spacial score (nSPS) is 15.2. The molecule has 1 saturated carbocycles. The zero-order valence-corrected chi connectivity index (χ0v) is 43.8. The number of rotatable bonds is 50. The molecule has 21 heteroatoms. The molecule has 1 aliphatic rings. The molecule has 1 fully saturated rings. The summed E-state index contributed by atoms with van der Waals surface area (Å²) in [6, 6.07) is -1.79. The van der Waals surface area contributed by atoms with Crippen molar-refractivity contribution >= 4 is 47.4 Å². The lowest BCUT2D eigenvalue weighted by Gasteiger charge is -2.28. The number of carbonyl (C=O) groups is 8. The van der Waals surface area contributed by atoms with E-state index in [1.807, 2.05) is 0 Å². The summed E-state index contributed by atoms with van der Waals surface area (Å²) in [7, 11) is 5.26. The van der Waals surface area contributed by atoms with E-state index in [0.29, 0.717) is 51.6 Å². The molecule has 10 N–H and O–H groups in total. The average molecular weight is 1040 g/mol. The molecule has 0 saturated heterocycles. The van der Waals surface area contributed by atoms with Crippen LogP contribution in [0.15, 0.2) is 0 Å². The Bertz CT molecular complexity index is 1520. The number of nitrogens with two attached hydrogens (primary N) is 1. The van der Waals surface area contributed by atoms with Crippen LogP contribution in [-0.2, 0) is 57.3 Å². The number of hydrogen-bond acceptors (Lipinski definition) is 13. The van der Waals surface area contributed by atoms with Crippen molar-refractivity contribution in [3.8, 4) is 0 Å². The molecular formula is C52H93N7O14. The Balaban J connectivity index is 1.97. The Labute approximate surface area is 434 Å². The minimum atomic E-state index is -1.21. The van der Waals surface area contributed by atoms with Crippen molar-refractivity contribution in [1.29, 1.82) is 0 Å². The number of aliphatic carboxylic acids is 2. The molecule has 0 aliphatic heterocycles. The van der Waals surface area contributed by atoms with Gasteiger partial charge in [0.25, 0.3) is 0 Å². The largest absolute Gasteiger partial charge is 0.481 e. The summed E-state index contributed by atoms with van der Waals surface area (Å²) in [5, 5.41) is 34.5. The van der Waals surface area contributed by atoms with Gasteiger partial charge in [-0.3, -0.25) is 38.9 Å². The van der Waals surface area contributed by atoms with Crippen LogP contribution in [0.4, 0.5) is 0 Å². The van der Waals surface area contributed by atoms with Crippen LogP contribution in [0.3, 0.4) is 0 Å². The first-order chi connectivity index (χ1) is 35.3. The Kier molecular flexibility index (Phi) is 42.1. The summed E-state index contributed by atoms with van der Waals surface area (Å²) in [5.74, 6) is -3.71. The number of carbonyl (C=O) groups excluding carboxylic acids is 6. The van der Waals surface area contributed by atoms with Crippen LogP contribution < -0.4 is 37.6 Å². The number of nitrogens with one attached hydrogen (secondary N) is 6. The van der Waals surface area contributed by atoms with Crippen molar-refractivity contribution in [2.45, 2.75) is 185 Å². The first-order valence-corrected chi connectivity index (χ1v) is 27.2. The minimum absolute atomic E-state index is 0.0604. The van der Waals surface area contributed by atoms with E-state index in [9.17, 15) is 43.5 Å². The predicted octanol–water partition coefficient (Wildman–Crippen LogP) is 4.06. The van der Waals surface area contributed by atoms with E-state index in [-0.39, 0.29) is 127 Å². The van der Waals surface area contributed by atoms with Crippen molar-refractivity contribution in [1.82, 2.24) is 31.9 Å². The highest BCUT2D eigenvalue weighted by molar-refractivity contribution is 5.86. The molecule has 1 rings (SSSR count). The van der Waals surface area contributed by atoms with Crippen LogP contribution in [0.2, 0.25) is 0 Å². The molecule has 21 nitrogen and oxygen atoms in total. The number of primary amides is 1. The molecule has 0 bridgehead atoms. The number of hydrogen-bond donors (Lipinski definition) is 9. The van der Waals surface area contributed by atoms with E-state index in [0.717, 1.165) is 51.4 Å². The highest BCUT2D eigenvalue weighted by Crippen LogP contribution is 2.29. The third-order valence-electron chi connectivity index (χ3n) is 12.8. The van der Waals surface area contributed by atoms with Gasteiger partial charge in [-0.2, -0.15) is 0 Å². The summed E-state index contributed by atoms with van der Waals surface area (Å²) in [6.45, 7) is 2.35. The number of unbranched alkanes of at least 4 members (excludes halogenated alkanes) is 16. The molecular weight excluding hydrogens is 947 g/mol. The van der Waals surface area contributed by atoms with Gasteiger partial charge in [0.05, 0.1) is 45.7 Å². The van der Waals surface area contributed by atoms with Gasteiger partial charge < -0.3 is 61.5 Å². The topological polar surface area (TPSA) is 312 Å². The monoisotopic (exact) mass is 1040 g/mol. The van der Waals surface area contributed by atoms with Gasteiger partial charge >= 0.3 is 11.9 Å². The van der Waals surface area contributed by atoms with E-state index in [1.165, 1.54) is 64.2 Å². The van der Waals surface area contributed by atoms with Crippen LogP contribution >= 0.6 is 0 Å². The van der Waals surface area contributed by atoms with Crippen molar-refractivity contribution in [3.63, 3.8) is 0 Å². The van der Waals surface area contributed by atoms with Gasteiger partial charge in [-0.05, 0) is 70.1 Å². The number of amides is 6. The molecule has 2 atom stereocenters. The van der Waals surface area contributed by atoms with Gasteiger partial charge in [0, 0.05) is 58.4 Å². The summed E-state index contributed by atoms with van der Waals surface area (Å²) >= 11 is 0. The Morgan fingerprint density at radius 2 is 0.932 bits per heavy atom. The van der Waals surface area contributed by atoms with E-state index in [2.05, 4.69) is 31.9 Å². The van der Waals surface area contributed by atoms with E-state index < -0.39 is 29.9 Å². The lowest BCUT2D eigenvalue weighted by atomic mass is 9.81. The molecule has 6 amide bonds. The first-order valence-electron chi connectivity index (χ1n) is 27.2. The van der Waals surface area contributed by atoms with Crippen LogP contribution in [0, 0.1) is 18.9 Å². The second-order valence-electron chi connectivity index (χ2n) is 19.0. The number of ether oxygens (including phenoxy) is 4. The summed E-state index contributed by atoms with van der Waals surface area (Å²) < 4.78 is 21.4. The van der Waals surface area contributed by atoms with Gasteiger partial charge in [0.1, 0.15) is 19.3 Å². The average Bonchev–Trinajstić information content (AvgIpc) is 3.36. The smallest absolute Gasteiger partial charge is 0.326 e. The predicted molar refractivity (Wildman–Crippen MR) is 275 cm³/mol. The number of carboxylic acids is 2. The maximum Gasteiger partial charge on any atom is 0.326 e. The summed E-state index contributed by atoms with van der Waals surface area (Å²) in [6.07, 6.45) is 23.9. The maximum absolute atomic E-state index is 13.0. The molecule has 73 heavy (non-hydrogen) atoms. The van der Waals surface area contributed by atoms with Gasteiger partial charge in [0.15, 0.2) is 0 Å². The lowest BCUT2D eigenvalue weighted by molar-refractivity contribution is -0.143. The van der Waals surface area contributed by atoms with Crippen LogP contribution in [0.25, 0.3) is 0 Å². The molecule has 420 valence electrons.